The molecule has 18 heavy (non-hydrogen) atoms. The third-order valence-electron chi connectivity index (χ3n) is 2.31. The largest absolute Gasteiger partial charge is 0.303 e. The summed E-state index contributed by atoms with van der Waals surface area (Å²) in [5.74, 6) is -10.7. The highest BCUT2D eigenvalue weighted by atomic mass is 32.1. The van der Waals surface area contributed by atoms with Gasteiger partial charge >= 0.3 is 0 Å². The molecule has 0 radical (unpaired) electrons. The van der Waals surface area contributed by atoms with Gasteiger partial charge in [-0.2, -0.15) is 5.10 Å². The van der Waals surface area contributed by atoms with Gasteiger partial charge in [0, 0.05) is 7.05 Å². The summed E-state index contributed by atoms with van der Waals surface area (Å²) in [7, 11) is 1.28. The van der Waals surface area contributed by atoms with Crippen LogP contribution in [-0.2, 0) is 7.05 Å². The summed E-state index contributed by atoms with van der Waals surface area (Å²) in [5.41, 5.74) is -1.12. The van der Waals surface area contributed by atoms with Gasteiger partial charge in [-0.25, -0.2) is 22.0 Å². The van der Waals surface area contributed by atoms with Crippen molar-refractivity contribution in [3.63, 3.8) is 0 Å². The van der Waals surface area contributed by atoms with Crippen LogP contribution in [0.15, 0.2) is 0 Å². The van der Waals surface area contributed by atoms with E-state index in [-0.39, 0.29) is 4.77 Å². The van der Waals surface area contributed by atoms with E-state index < -0.39 is 40.5 Å². The van der Waals surface area contributed by atoms with Gasteiger partial charge in [0.05, 0.1) is 5.56 Å². The van der Waals surface area contributed by atoms with Gasteiger partial charge in [0.1, 0.15) is 0 Å². The predicted molar refractivity (Wildman–Crippen MR) is 53.6 cm³/mol. The molecule has 1 N–H and O–H groups in total. The Balaban J connectivity index is 2.88. The van der Waals surface area contributed by atoms with Crippen molar-refractivity contribution in [3.8, 4) is 11.4 Å². The van der Waals surface area contributed by atoms with Crippen LogP contribution >= 0.6 is 12.2 Å². The van der Waals surface area contributed by atoms with Crippen molar-refractivity contribution >= 4 is 12.2 Å². The van der Waals surface area contributed by atoms with Crippen molar-refractivity contribution in [2.24, 2.45) is 7.05 Å². The highest BCUT2D eigenvalue weighted by Gasteiger charge is 2.28. The third kappa shape index (κ3) is 1.62. The highest BCUT2D eigenvalue weighted by Crippen LogP contribution is 2.29. The molecule has 0 aliphatic rings. The van der Waals surface area contributed by atoms with E-state index in [1.807, 2.05) is 0 Å². The zero-order valence-corrected chi connectivity index (χ0v) is 9.51. The fourth-order valence-electron chi connectivity index (χ4n) is 1.37. The van der Waals surface area contributed by atoms with E-state index >= 15 is 0 Å². The van der Waals surface area contributed by atoms with Gasteiger partial charge in [-0.3, -0.25) is 5.10 Å². The molecule has 96 valence electrons. The van der Waals surface area contributed by atoms with Gasteiger partial charge in [-0.1, -0.05) is 0 Å². The quantitative estimate of drug-likeness (QED) is 0.377. The zero-order valence-electron chi connectivity index (χ0n) is 8.69. The second-order valence-electron chi connectivity index (χ2n) is 3.36. The fourth-order valence-corrected chi connectivity index (χ4v) is 1.50. The molecule has 0 spiro atoms. The molecule has 1 aromatic carbocycles. The van der Waals surface area contributed by atoms with Crippen LogP contribution in [0.25, 0.3) is 11.4 Å². The van der Waals surface area contributed by atoms with Crippen molar-refractivity contribution in [3.05, 3.63) is 33.9 Å². The number of hydrogen-bond donors (Lipinski definition) is 1. The molecule has 0 atom stereocenters. The molecule has 0 saturated heterocycles. The lowest BCUT2D eigenvalue weighted by atomic mass is 10.1. The number of nitrogens with one attached hydrogen (secondary N) is 1. The molecule has 9 heteroatoms. The van der Waals surface area contributed by atoms with E-state index in [0.717, 1.165) is 4.57 Å². The molecular weight excluding hydrogens is 277 g/mol. The first-order valence-corrected chi connectivity index (χ1v) is 4.90. The minimum atomic E-state index is -2.22. The summed E-state index contributed by atoms with van der Waals surface area (Å²) in [5, 5.41) is 5.62. The molecule has 2 rings (SSSR count). The lowest BCUT2D eigenvalue weighted by Crippen LogP contribution is -2.06. The molecule has 1 aromatic heterocycles. The molecular formula is C9H4F5N3S. The molecule has 1 heterocycles. The highest BCUT2D eigenvalue weighted by molar-refractivity contribution is 7.71. The van der Waals surface area contributed by atoms with Gasteiger partial charge in [-0.15, -0.1) is 0 Å². The molecule has 2 aromatic rings. The number of H-pyrrole nitrogens is 1. The Morgan fingerprint density at radius 1 is 0.944 bits per heavy atom. The molecule has 0 aliphatic heterocycles. The number of nitrogens with zero attached hydrogens (tertiary/aromatic N) is 2. The van der Waals surface area contributed by atoms with Crippen LogP contribution in [-0.4, -0.2) is 14.8 Å². The van der Waals surface area contributed by atoms with Gasteiger partial charge < -0.3 is 4.57 Å². The zero-order chi connectivity index (χ0) is 13.6. The van der Waals surface area contributed by atoms with Gasteiger partial charge in [0.2, 0.25) is 5.82 Å². The van der Waals surface area contributed by atoms with Crippen molar-refractivity contribution in [1.82, 2.24) is 14.8 Å². The van der Waals surface area contributed by atoms with Crippen LogP contribution in [0.5, 0.6) is 0 Å². The van der Waals surface area contributed by atoms with Crippen molar-refractivity contribution in [1.29, 1.82) is 0 Å². The smallest absolute Gasteiger partial charge is 0.200 e. The maximum Gasteiger partial charge on any atom is 0.200 e. The van der Waals surface area contributed by atoms with Gasteiger partial charge in [0.15, 0.2) is 33.9 Å². The van der Waals surface area contributed by atoms with Crippen LogP contribution in [0.1, 0.15) is 0 Å². The lowest BCUT2D eigenvalue weighted by molar-refractivity contribution is 0.380. The average Bonchev–Trinajstić information content (AvgIpc) is 2.66. The topological polar surface area (TPSA) is 33.6 Å². The van der Waals surface area contributed by atoms with Gasteiger partial charge in [0.25, 0.3) is 0 Å². The number of halogens is 5. The van der Waals surface area contributed by atoms with Crippen LogP contribution in [0.3, 0.4) is 0 Å². The van der Waals surface area contributed by atoms with E-state index in [1.54, 1.807) is 0 Å². The number of hydrogen-bond acceptors (Lipinski definition) is 2. The fraction of sp³-hybridized carbons (Fsp3) is 0.111. The van der Waals surface area contributed by atoms with Crippen molar-refractivity contribution in [2.75, 3.05) is 0 Å². The maximum absolute atomic E-state index is 13.5. The summed E-state index contributed by atoms with van der Waals surface area (Å²) < 4.78 is 66.7. The Labute approximate surface area is 102 Å². The standard InChI is InChI=1S/C9H4F5N3S/c1-17-8(15-16-9(17)18)2-3(10)5(12)7(14)6(13)4(2)11/h1H3,(H,16,18). The summed E-state index contributed by atoms with van der Waals surface area (Å²) >= 11 is 4.69. The number of rotatable bonds is 1. The van der Waals surface area contributed by atoms with Crippen molar-refractivity contribution in [2.45, 2.75) is 0 Å². The van der Waals surface area contributed by atoms with Crippen molar-refractivity contribution < 1.29 is 22.0 Å². The first kappa shape index (κ1) is 12.7. The lowest BCUT2D eigenvalue weighted by Gasteiger charge is -2.07. The Kier molecular flexibility index (Phi) is 2.93. The normalized spacial score (nSPS) is 11.0. The first-order chi connectivity index (χ1) is 8.36. The van der Waals surface area contributed by atoms with Crippen LogP contribution < -0.4 is 0 Å². The summed E-state index contributed by atoms with van der Waals surface area (Å²) in [6, 6.07) is 0. The molecule has 3 nitrogen and oxygen atoms in total. The SMILES string of the molecule is Cn1c(-c2c(F)c(F)c(F)c(F)c2F)n[nH]c1=S. The van der Waals surface area contributed by atoms with Gasteiger partial charge in [-0.05, 0) is 12.2 Å². The monoisotopic (exact) mass is 281 g/mol. The Morgan fingerprint density at radius 2 is 1.39 bits per heavy atom. The minimum Gasteiger partial charge on any atom is -0.303 e. The summed E-state index contributed by atoms with van der Waals surface area (Å²) in [6.07, 6.45) is 0. The van der Waals surface area contributed by atoms with Crippen LogP contribution in [0.2, 0.25) is 0 Å². The number of benzene rings is 1. The summed E-state index contributed by atoms with van der Waals surface area (Å²) in [6.45, 7) is 0. The minimum absolute atomic E-state index is 0.0195. The Hall–Kier alpha value is -1.77. The first-order valence-electron chi connectivity index (χ1n) is 4.49. The Bertz CT molecular complexity index is 661. The molecule has 0 aliphatic carbocycles. The number of aromatic amines is 1. The molecule has 0 bridgehead atoms. The third-order valence-corrected chi connectivity index (χ3v) is 2.68. The molecule has 0 amide bonds. The summed E-state index contributed by atoms with van der Waals surface area (Å²) in [4.78, 5) is 0. The number of aromatic nitrogens is 3. The van der Waals surface area contributed by atoms with E-state index in [9.17, 15) is 22.0 Å². The van der Waals surface area contributed by atoms with E-state index in [4.69, 9.17) is 12.2 Å². The maximum atomic E-state index is 13.5. The van der Waals surface area contributed by atoms with E-state index in [2.05, 4.69) is 10.2 Å². The van der Waals surface area contributed by atoms with E-state index in [1.165, 1.54) is 7.05 Å². The molecule has 0 fully saturated rings. The Morgan fingerprint density at radius 3 is 1.78 bits per heavy atom. The molecule has 0 unspecified atom stereocenters. The van der Waals surface area contributed by atoms with E-state index in [0.29, 0.717) is 0 Å². The average molecular weight is 281 g/mol. The molecule has 0 saturated carbocycles. The second kappa shape index (κ2) is 4.16. The second-order valence-corrected chi connectivity index (χ2v) is 3.74. The van der Waals surface area contributed by atoms with Crippen LogP contribution in [0, 0.1) is 33.9 Å². The van der Waals surface area contributed by atoms with Crippen LogP contribution in [0.4, 0.5) is 22.0 Å². The predicted octanol–water partition coefficient (Wildman–Crippen LogP) is 2.84.